The second-order valence-corrected chi connectivity index (χ2v) is 5.10. The van der Waals surface area contributed by atoms with Gasteiger partial charge < -0.3 is 5.11 Å². The lowest BCUT2D eigenvalue weighted by Crippen LogP contribution is -2.00. The van der Waals surface area contributed by atoms with Crippen molar-refractivity contribution in [2.45, 2.75) is 25.7 Å². The molecule has 0 amide bonds. The molecular formula is C13H13BrN2O. The van der Waals surface area contributed by atoms with Crippen LogP contribution in [0.25, 0.3) is 5.69 Å². The van der Waals surface area contributed by atoms with Crippen LogP contribution in [0.2, 0.25) is 0 Å². The van der Waals surface area contributed by atoms with E-state index in [-0.39, 0.29) is 5.75 Å². The molecule has 2 aromatic rings. The number of halogens is 1. The fourth-order valence-electron chi connectivity index (χ4n) is 2.28. The summed E-state index contributed by atoms with van der Waals surface area (Å²) in [6.45, 7) is 0. The molecule has 0 spiro atoms. The number of nitrogens with zero attached hydrogens (tertiary/aromatic N) is 2. The van der Waals surface area contributed by atoms with Crippen molar-refractivity contribution in [3.8, 4) is 11.4 Å². The predicted octanol–water partition coefficient (Wildman–Crippen LogP) is 3.22. The highest BCUT2D eigenvalue weighted by molar-refractivity contribution is 9.10. The van der Waals surface area contributed by atoms with Gasteiger partial charge in [-0.2, -0.15) is 5.10 Å². The first-order chi connectivity index (χ1) is 8.25. The highest BCUT2D eigenvalue weighted by Gasteiger charge is 2.19. The van der Waals surface area contributed by atoms with Crippen LogP contribution in [0, 0.1) is 0 Å². The molecule has 1 aromatic carbocycles. The Morgan fingerprint density at radius 1 is 1.12 bits per heavy atom. The summed E-state index contributed by atoms with van der Waals surface area (Å²) in [6, 6.07) is 7.11. The van der Waals surface area contributed by atoms with E-state index in [4.69, 9.17) is 0 Å². The molecule has 4 heteroatoms. The molecule has 1 aromatic heterocycles. The average Bonchev–Trinajstić information content (AvgIpc) is 2.69. The van der Waals surface area contributed by atoms with Gasteiger partial charge in [0.1, 0.15) is 10.4 Å². The van der Waals surface area contributed by atoms with E-state index in [1.807, 2.05) is 16.8 Å². The topological polar surface area (TPSA) is 38.0 Å². The van der Waals surface area contributed by atoms with E-state index in [1.165, 1.54) is 24.1 Å². The molecule has 88 valence electrons. The maximum atomic E-state index is 9.29. The van der Waals surface area contributed by atoms with Crippen LogP contribution in [0.1, 0.15) is 24.1 Å². The summed E-state index contributed by atoms with van der Waals surface area (Å²) in [7, 11) is 0. The van der Waals surface area contributed by atoms with Crippen LogP contribution < -0.4 is 0 Å². The molecule has 0 saturated carbocycles. The second kappa shape index (κ2) is 4.18. The van der Waals surface area contributed by atoms with Crippen LogP contribution in [-0.2, 0) is 12.8 Å². The molecule has 0 unspecified atom stereocenters. The molecule has 1 aliphatic rings. The smallest absolute Gasteiger partial charge is 0.115 e. The Kier molecular flexibility index (Phi) is 2.67. The third-order valence-electron chi connectivity index (χ3n) is 3.19. The minimum atomic E-state index is 0.279. The third kappa shape index (κ3) is 1.86. The molecular weight excluding hydrogens is 280 g/mol. The first-order valence-corrected chi connectivity index (χ1v) is 6.60. The van der Waals surface area contributed by atoms with E-state index in [2.05, 4.69) is 21.0 Å². The molecule has 3 rings (SSSR count). The van der Waals surface area contributed by atoms with Gasteiger partial charge >= 0.3 is 0 Å². The molecule has 3 nitrogen and oxygen atoms in total. The quantitative estimate of drug-likeness (QED) is 0.876. The Labute approximate surface area is 108 Å². The predicted molar refractivity (Wildman–Crippen MR) is 69.6 cm³/mol. The third-order valence-corrected chi connectivity index (χ3v) is 4.00. The number of hydrogen-bond acceptors (Lipinski definition) is 2. The van der Waals surface area contributed by atoms with Crippen molar-refractivity contribution < 1.29 is 5.11 Å². The van der Waals surface area contributed by atoms with Crippen molar-refractivity contribution in [2.24, 2.45) is 0 Å². The van der Waals surface area contributed by atoms with Crippen LogP contribution in [0.15, 0.2) is 28.9 Å². The van der Waals surface area contributed by atoms with Crippen molar-refractivity contribution in [3.63, 3.8) is 0 Å². The summed E-state index contributed by atoms with van der Waals surface area (Å²) >= 11 is 3.63. The van der Waals surface area contributed by atoms with Crippen molar-refractivity contribution in [3.05, 3.63) is 40.1 Å². The number of phenolic OH excluding ortho intramolecular Hbond substituents is 1. The maximum Gasteiger partial charge on any atom is 0.115 e. The molecule has 0 fully saturated rings. The van der Waals surface area contributed by atoms with Crippen LogP contribution in [-0.4, -0.2) is 14.9 Å². The van der Waals surface area contributed by atoms with Gasteiger partial charge in [0.15, 0.2) is 0 Å². The minimum absolute atomic E-state index is 0.279. The first kappa shape index (κ1) is 10.8. The Morgan fingerprint density at radius 2 is 1.82 bits per heavy atom. The largest absolute Gasteiger partial charge is 0.508 e. The molecule has 1 heterocycles. The van der Waals surface area contributed by atoms with Gasteiger partial charge in [0.2, 0.25) is 0 Å². The molecule has 0 radical (unpaired) electrons. The Bertz CT molecular complexity index is 545. The zero-order valence-electron chi connectivity index (χ0n) is 9.36. The minimum Gasteiger partial charge on any atom is -0.508 e. The lowest BCUT2D eigenvalue weighted by molar-refractivity contribution is 0.475. The van der Waals surface area contributed by atoms with Crippen LogP contribution >= 0.6 is 15.9 Å². The van der Waals surface area contributed by atoms with Gasteiger partial charge in [-0.1, -0.05) is 0 Å². The molecule has 0 atom stereocenters. The van der Waals surface area contributed by atoms with Crippen LogP contribution in [0.3, 0.4) is 0 Å². The number of aromatic hydroxyl groups is 1. The molecule has 0 aliphatic heterocycles. The monoisotopic (exact) mass is 292 g/mol. The lowest BCUT2D eigenvalue weighted by Gasteiger charge is -2.08. The van der Waals surface area contributed by atoms with Gasteiger partial charge in [-0.15, -0.1) is 0 Å². The van der Waals surface area contributed by atoms with E-state index < -0.39 is 0 Å². The zero-order chi connectivity index (χ0) is 11.8. The lowest BCUT2D eigenvalue weighted by atomic mass is 9.99. The van der Waals surface area contributed by atoms with Crippen molar-refractivity contribution in [1.29, 1.82) is 0 Å². The number of benzene rings is 1. The van der Waals surface area contributed by atoms with Crippen LogP contribution in [0.4, 0.5) is 0 Å². The fraction of sp³-hybridized carbons (Fsp3) is 0.308. The Balaban J connectivity index is 2.09. The normalized spacial score (nSPS) is 14.6. The number of rotatable bonds is 1. The van der Waals surface area contributed by atoms with Gasteiger partial charge in [-0.3, -0.25) is 0 Å². The zero-order valence-corrected chi connectivity index (χ0v) is 10.9. The van der Waals surface area contributed by atoms with Crippen LogP contribution in [0.5, 0.6) is 5.75 Å². The molecule has 1 N–H and O–H groups in total. The second-order valence-electron chi connectivity index (χ2n) is 4.35. The number of aryl methyl sites for hydroxylation is 1. The SMILES string of the molecule is Oc1ccc(-n2nc3c(c2Br)CCCC3)cc1. The standard InChI is InChI=1S/C13H13BrN2O/c14-13-11-3-1-2-4-12(11)15-16(13)9-5-7-10(17)8-6-9/h5-8,17H,1-4H2. The highest BCUT2D eigenvalue weighted by atomic mass is 79.9. The highest BCUT2D eigenvalue weighted by Crippen LogP contribution is 2.30. The average molecular weight is 293 g/mol. The van der Waals surface area contributed by atoms with Crippen molar-refractivity contribution in [2.75, 3.05) is 0 Å². The number of fused-ring (bicyclic) bond motifs is 1. The maximum absolute atomic E-state index is 9.29. The van der Waals surface area contributed by atoms with Gasteiger partial charge in [0, 0.05) is 5.56 Å². The summed E-state index contributed by atoms with van der Waals surface area (Å²) < 4.78 is 2.97. The fourth-order valence-corrected chi connectivity index (χ4v) is 2.99. The van der Waals surface area contributed by atoms with E-state index in [9.17, 15) is 5.11 Å². The van der Waals surface area contributed by atoms with Gasteiger partial charge in [0.05, 0.1) is 11.4 Å². The van der Waals surface area contributed by atoms with E-state index in [1.54, 1.807) is 12.1 Å². The van der Waals surface area contributed by atoms with E-state index in [0.29, 0.717) is 0 Å². The summed E-state index contributed by atoms with van der Waals surface area (Å²) in [5, 5.41) is 13.9. The first-order valence-electron chi connectivity index (χ1n) is 5.81. The summed E-state index contributed by atoms with van der Waals surface area (Å²) in [6.07, 6.45) is 4.64. The van der Waals surface area contributed by atoms with E-state index in [0.717, 1.165) is 23.1 Å². The Morgan fingerprint density at radius 3 is 2.53 bits per heavy atom. The van der Waals surface area contributed by atoms with Gasteiger partial charge in [-0.05, 0) is 65.9 Å². The molecule has 0 bridgehead atoms. The summed E-state index contributed by atoms with van der Waals surface area (Å²) in [5.41, 5.74) is 3.52. The number of phenols is 1. The van der Waals surface area contributed by atoms with Gasteiger partial charge in [-0.25, -0.2) is 4.68 Å². The molecule has 0 saturated heterocycles. The molecule has 17 heavy (non-hydrogen) atoms. The number of aromatic nitrogens is 2. The van der Waals surface area contributed by atoms with Gasteiger partial charge in [0.25, 0.3) is 0 Å². The number of hydrogen-bond donors (Lipinski definition) is 1. The van der Waals surface area contributed by atoms with E-state index >= 15 is 0 Å². The summed E-state index contributed by atoms with van der Waals surface area (Å²) in [4.78, 5) is 0. The van der Waals surface area contributed by atoms with Crippen molar-refractivity contribution in [1.82, 2.24) is 9.78 Å². The molecule has 1 aliphatic carbocycles. The summed E-state index contributed by atoms with van der Waals surface area (Å²) in [5.74, 6) is 0.279. The Hall–Kier alpha value is -1.29. The van der Waals surface area contributed by atoms with Crippen molar-refractivity contribution >= 4 is 15.9 Å².